The first-order chi connectivity index (χ1) is 8.83. The third-order valence-corrected chi connectivity index (χ3v) is 4.04. The first-order valence-electron chi connectivity index (χ1n) is 6.66. The molecule has 0 heterocycles. The Morgan fingerprint density at radius 1 is 1.21 bits per heavy atom. The second-order valence-corrected chi connectivity index (χ2v) is 7.45. The van der Waals surface area contributed by atoms with Gasteiger partial charge in [-0.25, -0.2) is 8.78 Å². The number of hydrogen-bond acceptors (Lipinski definition) is 2. The van der Waals surface area contributed by atoms with Gasteiger partial charge in [0.25, 0.3) is 0 Å². The Kier molecular flexibility index (Phi) is 6.27. The van der Waals surface area contributed by atoms with Crippen molar-refractivity contribution in [3.05, 3.63) is 35.4 Å². The van der Waals surface area contributed by atoms with E-state index in [0.29, 0.717) is 0 Å². The van der Waals surface area contributed by atoms with E-state index in [0.717, 1.165) is 24.3 Å². The molecule has 1 atom stereocenters. The maximum absolute atomic E-state index is 13.3. The fourth-order valence-corrected chi connectivity index (χ4v) is 2.63. The van der Waals surface area contributed by atoms with Crippen LogP contribution in [-0.4, -0.2) is 17.0 Å². The van der Waals surface area contributed by atoms with Gasteiger partial charge in [-0.05, 0) is 30.7 Å². The predicted molar refractivity (Wildman–Crippen MR) is 79.6 cm³/mol. The van der Waals surface area contributed by atoms with Crippen LogP contribution in [0.5, 0.6) is 0 Å². The summed E-state index contributed by atoms with van der Waals surface area (Å²) in [6, 6.07) is 4.22. The van der Waals surface area contributed by atoms with Crippen molar-refractivity contribution in [1.82, 2.24) is 5.32 Å². The second kappa shape index (κ2) is 7.25. The van der Waals surface area contributed by atoms with Crippen molar-refractivity contribution in [3.8, 4) is 0 Å². The standard InChI is InChI=1S/C15H23F2NS/c1-5-8-18-14(10-19-15(2,3)4)11-6-7-12(16)13(17)9-11/h6-7,9,14,18H,5,8,10H2,1-4H3. The van der Waals surface area contributed by atoms with E-state index in [9.17, 15) is 8.78 Å². The Hall–Kier alpha value is -0.610. The monoisotopic (exact) mass is 287 g/mol. The summed E-state index contributed by atoms with van der Waals surface area (Å²) in [5.74, 6) is -0.725. The van der Waals surface area contributed by atoms with E-state index in [-0.39, 0.29) is 10.8 Å². The van der Waals surface area contributed by atoms with Crippen molar-refractivity contribution in [2.75, 3.05) is 12.3 Å². The maximum Gasteiger partial charge on any atom is 0.159 e. The lowest BCUT2D eigenvalue weighted by Crippen LogP contribution is -2.26. The molecular weight excluding hydrogens is 264 g/mol. The lowest BCUT2D eigenvalue weighted by molar-refractivity contribution is 0.501. The summed E-state index contributed by atoms with van der Waals surface area (Å²) in [5.41, 5.74) is 0.809. The lowest BCUT2D eigenvalue weighted by Gasteiger charge is -2.24. The number of thioether (sulfide) groups is 1. The number of benzene rings is 1. The van der Waals surface area contributed by atoms with E-state index in [4.69, 9.17) is 0 Å². The van der Waals surface area contributed by atoms with Gasteiger partial charge in [-0.2, -0.15) is 11.8 Å². The smallest absolute Gasteiger partial charge is 0.159 e. The molecule has 0 aliphatic rings. The largest absolute Gasteiger partial charge is 0.309 e. The molecule has 0 fully saturated rings. The first-order valence-corrected chi connectivity index (χ1v) is 7.64. The van der Waals surface area contributed by atoms with Crippen LogP contribution in [0, 0.1) is 11.6 Å². The maximum atomic E-state index is 13.3. The van der Waals surface area contributed by atoms with Crippen molar-refractivity contribution >= 4 is 11.8 Å². The minimum atomic E-state index is -0.790. The Morgan fingerprint density at radius 3 is 2.42 bits per heavy atom. The highest BCUT2D eigenvalue weighted by Crippen LogP contribution is 2.29. The molecule has 0 amide bonds. The van der Waals surface area contributed by atoms with Gasteiger partial charge in [0, 0.05) is 16.5 Å². The summed E-state index contributed by atoms with van der Waals surface area (Å²) in [6.45, 7) is 9.42. The van der Waals surface area contributed by atoms with Gasteiger partial charge in [0.05, 0.1) is 0 Å². The molecule has 1 N–H and O–H groups in total. The van der Waals surface area contributed by atoms with Gasteiger partial charge in [0.2, 0.25) is 0 Å². The fourth-order valence-electron chi connectivity index (χ4n) is 1.65. The molecule has 1 rings (SSSR count). The number of rotatable bonds is 6. The van der Waals surface area contributed by atoms with Crippen molar-refractivity contribution in [2.24, 2.45) is 0 Å². The molecular formula is C15H23F2NS. The predicted octanol–water partition coefficient (Wildman–Crippen LogP) is 4.54. The highest BCUT2D eigenvalue weighted by Gasteiger charge is 2.18. The van der Waals surface area contributed by atoms with E-state index in [1.807, 2.05) is 11.8 Å². The van der Waals surface area contributed by atoms with Crippen LogP contribution < -0.4 is 5.32 Å². The van der Waals surface area contributed by atoms with E-state index < -0.39 is 11.6 Å². The number of halogens is 2. The van der Waals surface area contributed by atoms with Crippen LogP contribution in [-0.2, 0) is 0 Å². The highest BCUT2D eigenvalue weighted by molar-refractivity contribution is 8.00. The summed E-state index contributed by atoms with van der Waals surface area (Å²) < 4.78 is 26.5. The summed E-state index contributed by atoms with van der Waals surface area (Å²) in [7, 11) is 0. The molecule has 108 valence electrons. The molecule has 0 aliphatic heterocycles. The van der Waals surface area contributed by atoms with Gasteiger partial charge in [-0.15, -0.1) is 0 Å². The summed E-state index contributed by atoms with van der Waals surface area (Å²) in [6.07, 6.45) is 1.01. The summed E-state index contributed by atoms with van der Waals surface area (Å²) >= 11 is 1.82. The Morgan fingerprint density at radius 2 is 1.89 bits per heavy atom. The molecule has 4 heteroatoms. The average Bonchev–Trinajstić information content (AvgIpc) is 2.32. The van der Waals surface area contributed by atoms with E-state index >= 15 is 0 Å². The molecule has 0 aromatic heterocycles. The molecule has 0 saturated carbocycles. The van der Waals surface area contributed by atoms with Crippen molar-refractivity contribution in [1.29, 1.82) is 0 Å². The molecule has 19 heavy (non-hydrogen) atoms. The van der Waals surface area contributed by atoms with Gasteiger partial charge in [-0.3, -0.25) is 0 Å². The van der Waals surface area contributed by atoms with E-state index in [1.165, 1.54) is 12.1 Å². The third-order valence-electron chi connectivity index (χ3n) is 2.67. The molecule has 0 aliphatic carbocycles. The quantitative estimate of drug-likeness (QED) is 0.824. The van der Waals surface area contributed by atoms with Gasteiger partial charge in [-0.1, -0.05) is 33.8 Å². The fraction of sp³-hybridized carbons (Fsp3) is 0.600. The summed E-state index contributed by atoms with van der Waals surface area (Å²) in [4.78, 5) is 0. The van der Waals surface area contributed by atoms with Gasteiger partial charge in [0.1, 0.15) is 0 Å². The van der Waals surface area contributed by atoms with Crippen molar-refractivity contribution in [3.63, 3.8) is 0 Å². The molecule has 0 radical (unpaired) electrons. The van der Waals surface area contributed by atoms with Crippen molar-refractivity contribution in [2.45, 2.75) is 44.9 Å². The van der Waals surface area contributed by atoms with Crippen LogP contribution in [0.2, 0.25) is 0 Å². The third kappa shape index (κ3) is 5.91. The molecule has 1 aromatic rings. The minimum absolute atomic E-state index is 0.0549. The van der Waals surface area contributed by atoms with Gasteiger partial charge >= 0.3 is 0 Å². The van der Waals surface area contributed by atoms with Gasteiger partial charge in [0.15, 0.2) is 11.6 Å². The van der Waals surface area contributed by atoms with Gasteiger partial charge < -0.3 is 5.32 Å². The normalized spacial score (nSPS) is 13.6. The van der Waals surface area contributed by atoms with Crippen LogP contribution in [0.3, 0.4) is 0 Å². The minimum Gasteiger partial charge on any atom is -0.309 e. The lowest BCUT2D eigenvalue weighted by atomic mass is 10.1. The topological polar surface area (TPSA) is 12.0 Å². The molecule has 1 nitrogen and oxygen atoms in total. The second-order valence-electron chi connectivity index (χ2n) is 5.60. The molecule has 0 saturated heterocycles. The van der Waals surface area contributed by atoms with E-state index in [2.05, 4.69) is 33.0 Å². The average molecular weight is 287 g/mol. The van der Waals surface area contributed by atoms with Crippen molar-refractivity contribution < 1.29 is 8.78 Å². The molecule has 0 spiro atoms. The van der Waals surface area contributed by atoms with Crippen LogP contribution in [0.15, 0.2) is 18.2 Å². The van der Waals surface area contributed by atoms with E-state index in [1.54, 1.807) is 6.07 Å². The zero-order valence-electron chi connectivity index (χ0n) is 12.1. The molecule has 1 aromatic carbocycles. The van der Waals surface area contributed by atoms with Crippen LogP contribution in [0.25, 0.3) is 0 Å². The Labute approximate surface area is 119 Å². The zero-order chi connectivity index (χ0) is 14.5. The van der Waals surface area contributed by atoms with Crippen LogP contribution in [0.1, 0.15) is 45.7 Å². The first kappa shape index (κ1) is 16.4. The highest BCUT2D eigenvalue weighted by atomic mass is 32.2. The zero-order valence-corrected chi connectivity index (χ0v) is 12.9. The number of hydrogen-bond donors (Lipinski definition) is 1. The Bertz CT molecular complexity index is 402. The summed E-state index contributed by atoms with van der Waals surface area (Å²) in [5, 5.41) is 3.40. The SMILES string of the molecule is CCCNC(CSC(C)(C)C)c1ccc(F)c(F)c1. The Balaban J connectivity index is 2.79. The molecule has 0 bridgehead atoms. The molecule has 1 unspecified atom stereocenters. The number of nitrogens with one attached hydrogen (secondary N) is 1. The van der Waals surface area contributed by atoms with Crippen LogP contribution in [0.4, 0.5) is 8.78 Å². The van der Waals surface area contributed by atoms with Crippen LogP contribution >= 0.6 is 11.8 Å².